The molecule has 0 spiro atoms. The lowest BCUT2D eigenvalue weighted by Gasteiger charge is -2.20. The molecule has 2 rings (SSSR count). The van der Waals surface area contributed by atoms with Crippen molar-refractivity contribution in [3.8, 4) is 0 Å². The fourth-order valence-corrected chi connectivity index (χ4v) is 2.33. The zero-order chi connectivity index (χ0) is 15.6. The molecule has 0 radical (unpaired) electrons. The monoisotopic (exact) mass is 294 g/mol. The van der Waals surface area contributed by atoms with Gasteiger partial charge in [-0.1, -0.05) is 12.1 Å². The van der Waals surface area contributed by atoms with Crippen LogP contribution in [0.25, 0.3) is 0 Å². The quantitative estimate of drug-likeness (QED) is 0.924. The average molecular weight is 294 g/mol. The molecule has 0 saturated carbocycles. The zero-order valence-electron chi connectivity index (χ0n) is 12.1. The molecule has 1 aromatic carbocycles. The summed E-state index contributed by atoms with van der Waals surface area (Å²) in [5.74, 6) is 0. The van der Waals surface area contributed by atoms with E-state index in [1.807, 2.05) is 19.1 Å². The van der Waals surface area contributed by atoms with Gasteiger partial charge in [0, 0.05) is 11.9 Å². The number of aryl methyl sites for hydroxylation is 2. The largest absolute Gasteiger partial charge is 0.416 e. The normalized spacial score (nSPS) is 13.2. The van der Waals surface area contributed by atoms with Gasteiger partial charge < -0.3 is 5.32 Å². The van der Waals surface area contributed by atoms with E-state index >= 15 is 0 Å². The van der Waals surface area contributed by atoms with Crippen LogP contribution in [0.1, 0.15) is 34.0 Å². The summed E-state index contributed by atoms with van der Waals surface area (Å²) >= 11 is 0. The van der Waals surface area contributed by atoms with Crippen molar-refractivity contribution in [3.63, 3.8) is 0 Å². The second kappa shape index (κ2) is 5.85. The smallest absolute Gasteiger partial charge is 0.309 e. The Morgan fingerprint density at radius 3 is 2.29 bits per heavy atom. The Kier molecular flexibility index (Phi) is 4.32. The molecule has 0 aliphatic carbocycles. The molecule has 0 bridgehead atoms. The van der Waals surface area contributed by atoms with Crippen LogP contribution in [0.2, 0.25) is 0 Å². The second-order valence-corrected chi connectivity index (χ2v) is 5.02. The number of nitrogens with zero attached hydrogens (tertiary/aromatic N) is 1. The van der Waals surface area contributed by atoms with Gasteiger partial charge in [0.1, 0.15) is 0 Å². The van der Waals surface area contributed by atoms with Crippen LogP contribution < -0.4 is 5.32 Å². The van der Waals surface area contributed by atoms with Crippen LogP contribution in [0.4, 0.5) is 13.2 Å². The van der Waals surface area contributed by atoms with Crippen LogP contribution in [-0.2, 0) is 6.18 Å². The highest BCUT2D eigenvalue weighted by molar-refractivity contribution is 5.39. The topological polar surface area (TPSA) is 24.9 Å². The first-order valence-electron chi connectivity index (χ1n) is 6.60. The lowest BCUT2D eigenvalue weighted by molar-refractivity contribution is -0.137. The minimum Gasteiger partial charge on any atom is -0.309 e. The fourth-order valence-electron chi connectivity index (χ4n) is 2.33. The molecule has 112 valence electrons. The molecule has 1 unspecified atom stereocenters. The van der Waals surface area contributed by atoms with Crippen molar-refractivity contribution < 1.29 is 13.2 Å². The lowest BCUT2D eigenvalue weighted by atomic mass is 9.94. The third-order valence-electron chi connectivity index (χ3n) is 3.46. The van der Waals surface area contributed by atoms with Crippen LogP contribution in [-0.4, -0.2) is 12.0 Å². The Morgan fingerprint density at radius 1 is 1.10 bits per heavy atom. The number of hydrogen-bond donors (Lipinski definition) is 1. The highest BCUT2D eigenvalue weighted by Crippen LogP contribution is 2.32. The van der Waals surface area contributed by atoms with Gasteiger partial charge in [0.15, 0.2) is 0 Å². The third-order valence-corrected chi connectivity index (χ3v) is 3.46. The molecular weight excluding hydrogens is 277 g/mol. The van der Waals surface area contributed by atoms with E-state index in [-0.39, 0.29) is 6.04 Å². The Labute approximate surface area is 122 Å². The number of alkyl halides is 3. The zero-order valence-corrected chi connectivity index (χ0v) is 12.1. The molecule has 0 amide bonds. The summed E-state index contributed by atoms with van der Waals surface area (Å²) in [7, 11) is 1.78. The van der Waals surface area contributed by atoms with Crippen molar-refractivity contribution in [1.29, 1.82) is 0 Å². The van der Waals surface area contributed by atoms with E-state index < -0.39 is 11.7 Å². The molecule has 5 heteroatoms. The Balaban J connectivity index is 2.41. The molecule has 1 heterocycles. The number of aromatic nitrogens is 1. The molecule has 1 aromatic heterocycles. The molecule has 0 aliphatic heterocycles. The molecule has 2 aromatic rings. The molecule has 21 heavy (non-hydrogen) atoms. The minimum absolute atomic E-state index is 0.180. The van der Waals surface area contributed by atoms with Crippen LogP contribution in [0.15, 0.2) is 36.5 Å². The van der Waals surface area contributed by atoms with Gasteiger partial charge in [-0.2, -0.15) is 13.2 Å². The maximum Gasteiger partial charge on any atom is 0.416 e. The van der Waals surface area contributed by atoms with Gasteiger partial charge >= 0.3 is 6.18 Å². The maximum absolute atomic E-state index is 12.7. The molecule has 0 fully saturated rings. The summed E-state index contributed by atoms with van der Waals surface area (Å²) in [4.78, 5) is 4.24. The predicted octanol–water partition coefficient (Wildman–Crippen LogP) is 4.03. The maximum atomic E-state index is 12.7. The van der Waals surface area contributed by atoms with Gasteiger partial charge in [-0.15, -0.1) is 0 Å². The Morgan fingerprint density at radius 2 is 1.81 bits per heavy atom. The van der Waals surface area contributed by atoms with E-state index in [2.05, 4.69) is 10.3 Å². The van der Waals surface area contributed by atoms with Crippen molar-refractivity contribution in [2.75, 3.05) is 7.05 Å². The number of pyridine rings is 1. The minimum atomic E-state index is -4.32. The van der Waals surface area contributed by atoms with Crippen LogP contribution in [0.5, 0.6) is 0 Å². The molecule has 1 N–H and O–H groups in total. The first kappa shape index (κ1) is 15.5. The second-order valence-electron chi connectivity index (χ2n) is 5.02. The number of nitrogens with one attached hydrogen (secondary N) is 1. The SMILES string of the molecule is CNC(c1ccc(C)nc1)c1ccc(C(F)(F)F)cc1C. The Hall–Kier alpha value is -1.88. The van der Waals surface area contributed by atoms with Crippen molar-refractivity contribution >= 4 is 0 Å². The number of benzene rings is 1. The first-order valence-corrected chi connectivity index (χ1v) is 6.60. The van der Waals surface area contributed by atoms with Gasteiger partial charge in [0.2, 0.25) is 0 Å². The van der Waals surface area contributed by atoms with E-state index in [0.717, 1.165) is 22.9 Å². The third kappa shape index (κ3) is 3.42. The Bertz CT molecular complexity index is 618. The van der Waals surface area contributed by atoms with Crippen LogP contribution in [0, 0.1) is 13.8 Å². The summed E-state index contributed by atoms with van der Waals surface area (Å²) in [5.41, 5.74) is 2.62. The van der Waals surface area contributed by atoms with E-state index in [1.165, 1.54) is 12.1 Å². The van der Waals surface area contributed by atoms with Gasteiger partial charge in [-0.05, 0) is 55.8 Å². The van der Waals surface area contributed by atoms with Gasteiger partial charge in [0.25, 0.3) is 0 Å². The molecule has 1 atom stereocenters. The molecular formula is C16H17F3N2. The molecule has 0 aliphatic rings. The van der Waals surface area contributed by atoms with Crippen molar-refractivity contribution in [3.05, 3.63) is 64.5 Å². The average Bonchev–Trinajstić information content (AvgIpc) is 2.42. The summed E-state index contributed by atoms with van der Waals surface area (Å²) in [6.45, 7) is 3.58. The molecule has 2 nitrogen and oxygen atoms in total. The fraction of sp³-hybridized carbons (Fsp3) is 0.312. The first-order chi connectivity index (χ1) is 9.82. The van der Waals surface area contributed by atoms with Gasteiger partial charge in [-0.3, -0.25) is 4.98 Å². The summed E-state index contributed by atoms with van der Waals surface area (Å²) in [6, 6.07) is 7.47. The number of rotatable bonds is 3. The summed E-state index contributed by atoms with van der Waals surface area (Å²) in [6.07, 6.45) is -2.57. The van der Waals surface area contributed by atoms with Gasteiger partial charge in [0.05, 0.1) is 11.6 Å². The summed E-state index contributed by atoms with van der Waals surface area (Å²) < 4.78 is 38.2. The summed E-state index contributed by atoms with van der Waals surface area (Å²) in [5, 5.41) is 3.13. The van der Waals surface area contributed by atoms with Gasteiger partial charge in [-0.25, -0.2) is 0 Å². The van der Waals surface area contributed by atoms with E-state index in [9.17, 15) is 13.2 Å². The van der Waals surface area contributed by atoms with Crippen molar-refractivity contribution in [1.82, 2.24) is 10.3 Å². The van der Waals surface area contributed by atoms with Crippen molar-refractivity contribution in [2.24, 2.45) is 0 Å². The van der Waals surface area contributed by atoms with Crippen molar-refractivity contribution in [2.45, 2.75) is 26.1 Å². The predicted molar refractivity (Wildman–Crippen MR) is 76.1 cm³/mol. The van der Waals surface area contributed by atoms with Crippen LogP contribution in [0.3, 0.4) is 0 Å². The molecule has 0 saturated heterocycles. The highest BCUT2D eigenvalue weighted by Gasteiger charge is 2.31. The number of halogens is 3. The number of hydrogen-bond acceptors (Lipinski definition) is 2. The lowest BCUT2D eigenvalue weighted by Crippen LogP contribution is -2.19. The van der Waals surface area contributed by atoms with E-state index in [1.54, 1.807) is 20.2 Å². The van der Waals surface area contributed by atoms with E-state index in [0.29, 0.717) is 5.56 Å². The highest BCUT2D eigenvalue weighted by atomic mass is 19.4. The van der Waals surface area contributed by atoms with Crippen LogP contribution >= 0.6 is 0 Å². The standard InChI is InChI=1S/C16H17F3N2/c1-10-8-13(16(17,18)19)6-7-14(10)15(20-3)12-5-4-11(2)21-9-12/h4-9,15,20H,1-3H3. The van der Waals surface area contributed by atoms with E-state index in [4.69, 9.17) is 0 Å².